The van der Waals surface area contributed by atoms with Gasteiger partial charge in [0.2, 0.25) is 0 Å². The van der Waals surface area contributed by atoms with E-state index in [1.165, 1.54) is 0 Å². The lowest BCUT2D eigenvalue weighted by molar-refractivity contribution is -0.144. The van der Waals surface area contributed by atoms with Gasteiger partial charge in [-0.25, -0.2) is 0 Å². The Kier molecular flexibility index (Phi) is 3.23. The van der Waals surface area contributed by atoms with Crippen LogP contribution in [0.25, 0.3) is 6.08 Å². The first-order chi connectivity index (χ1) is 9.64. The van der Waals surface area contributed by atoms with E-state index >= 15 is 0 Å². The molecule has 1 fully saturated rings. The minimum Gasteiger partial charge on any atom is -0.496 e. The van der Waals surface area contributed by atoms with E-state index in [0.717, 1.165) is 16.9 Å². The fourth-order valence-corrected chi connectivity index (χ4v) is 2.82. The molecule has 0 unspecified atom stereocenters. The summed E-state index contributed by atoms with van der Waals surface area (Å²) in [5.74, 6) is -1.08. The Morgan fingerprint density at radius 3 is 2.80 bits per heavy atom. The lowest BCUT2D eigenvalue weighted by Crippen LogP contribution is -2.38. The Labute approximate surface area is 116 Å². The molecule has 1 N–H and O–H groups in total. The molecule has 0 saturated carbocycles. The van der Waals surface area contributed by atoms with E-state index < -0.39 is 11.8 Å². The molecule has 5 heteroatoms. The van der Waals surface area contributed by atoms with E-state index in [1.54, 1.807) is 7.11 Å². The van der Waals surface area contributed by atoms with Crippen molar-refractivity contribution in [1.82, 2.24) is 0 Å². The van der Waals surface area contributed by atoms with E-state index in [4.69, 9.17) is 19.3 Å². The number of rotatable bonds is 3. The third-order valence-corrected chi connectivity index (χ3v) is 3.70. The van der Waals surface area contributed by atoms with Crippen LogP contribution in [0.5, 0.6) is 5.75 Å². The quantitative estimate of drug-likeness (QED) is 0.912. The molecule has 2 aliphatic rings. The van der Waals surface area contributed by atoms with E-state index in [0.29, 0.717) is 25.2 Å². The van der Waals surface area contributed by atoms with Gasteiger partial charge in [0.25, 0.3) is 0 Å². The number of carboxylic acid groups (broad SMARTS) is 1. The molecule has 1 heterocycles. The van der Waals surface area contributed by atoms with Crippen LogP contribution in [0, 0.1) is 0 Å². The molecule has 0 bridgehead atoms. The minimum atomic E-state index is -0.919. The van der Waals surface area contributed by atoms with Crippen molar-refractivity contribution in [3.63, 3.8) is 0 Å². The maximum Gasteiger partial charge on any atom is 0.307 e. The molecule has 106 valence electrons. The van der Waals surface area contributed by atoms with Gasteiger partial charge in [-0.15, -0.1) is 0 Å². The number of benzene rings is 1. The van der Waals surface area contributed by atoms with Crippen LogP contribution in [0.2, 0.25) is 0 Å². The first kappa shape index (κ1) is 13.1. The number of carbonyl (C=O) groups is 1. The van der Waals surface area contributed by atoms with Gasteiger partial charge in [0.05, 0.1) is 26.7 Å². The van der Waals surface area contributed by atoms with Crippen molar-refractivity contribution >= 4 is 12.0 Å². The van der Waals surface area contributed by atoms with Gasteiger partial charge in [0, 0.05) is 17.6 Å². The van der Waals surface area contributed by atoms with Gasteiger partial charge in [-0.2, -0.15) is 0 Å². The molecule has 0 amide bonds. The Balaban J connectivity index is 2.09. The lowest BCUT2D eigenvalue weighted by Gasteiger charge is -2.34. The Morgan fingerprint density at radius 2 is 2.15 bits per heavy atom. The highest BCUT2D eigenvalue weighted by molar-refractivity contribution is 5.76. The van der Waals surface area contributed by atoms with Crippen LogP contribution < -0.4 is 4.74 Å². The highest BCUT2D eigenvalue weighted by Crippen LogP contribution is 2.42. The van der Waals surface area contributed by atoms with Crippen molar-refractivity contribution in [3.8, 4) is 5.75 Å². The molecule has 1 aromatic carbocycles. The summed E-state index contributed by atoms with van der Waals surface area (Å²) >= 11 is 0. The molecule has 3 rings (SSSR count). The summed E-state index contributed by atoms with van der Waals surface area (Å²) in [7, 11) is 1.60. The van der Waals surface area contributed by atoms with Gasteiger partial charge >= 0.3 is 5.97 Å². The molecule has 1 spiro atoms. The van der Waals surface area contributed by atoms with Crippen molar-refractivity contribution in [2.75, 3.05) is 20.3 Å². The molecular formula is C15H16O5. The molecule has 0 aromatic heterocycles. The Hall–Kier alpha value is -1.85. The minimum absolute atomic E-state index is 0.0997. The van der Waals surface area contributed by atoms with Crippen molar-refractivity contribution in [2.45, 2.75) is 18.6 Å². The zero-order valence-corrected chi connectivity index (χ0v) is 11.2. The van der Waals surface area contributed by atoms with Crippen molar-refractivity contribution in [2.24, 2.45) is 0 Å². The summed E-state index contributed by atoms with van der Waals surface area (Å²) < 4.78 is 16.8. The number of aliphatic carboxylic acids is 1. The largest absolute Gasteiger partial charge is 0.496 e. The summed E-state index contributed by atoms with van der Waals surface area (Å²) in [6.45, 7) is 0.965. The Bertz CT molecular complexity index is 570. The fourth-order valence-electron chi connectivity index (χ4n) is 2.82. The SMILES string of the molecule is COc1cccc2c1C=C(CC(=O)O)C1(C2)OCCO1. The van der Waals surface area contributed by atoms with Crippen molar-refractivity contribution in [3.05, 3.63) is 34.9 Å². The maximum absolute atomic E-state index is 11.1. The smallest absolute Gasteiger partial charge is 0.307 e. The third kappa shape index (κ3) is 2.09. The van der Waals surface area contributed by atoms with Gasteiger partial charge in [-0.3, -0.25) is 4.79 Å². The molecular weight excluding hydrogens is 260 g/mol. The molecule has 0 radical (unpaired) electrons. The number of carboxylic acids is 1. The number of fused-ring (bicyclic) bond motifs is 1. The molecule has 20 heavy (non-hydrogen) atoms. The van der Waals surface area contributed by atoms with E-state index in [2.05, 4.69) is 0 Å². The zero-order valence-electron chi connectivity index (χ0n) is 11.2. The van der Waals surface area contributed by atoms with Crippen LogP contribution in [0.1, 0.15) is 17.5 Å². The van der Waals surface area contributed by atoms with E-state index in [1.807, 2.05) is 24.3 Å². The predicted octanol–water partition coefficient (Wildman–Crippen LogP) is 1.85. The third-order valence-electron chi connectivity index (χ3n) is 3.70. The standard InChI is InChI=1S/C15H16O5/c1-18-13-4-2-3-10-9-15(19-5-6-20-15)11(7-12(10)13)8-14(16)17/h2-4,7H,5-6,8-9H2,1H3,(H,16,17). The highest BCUT2D eigenvalue weighted by Gasteiger charge is 2.44. The summed E-state index contributed by atoms with van der Waals surface area (Å²) in [6.07, 6.45) is 2.24. The fraction of sp³-hybridized carbons (Fsp3) is 0.400. The molecule has 1 aliphatic carbocycles. The summed E-state index contributed by atoms with van der Waals surface area (Å²) in [5, 5.41) is 9.10. The van der Waals surface area contributed by atoms with Crippen molar-refractivity contribution < 1.29 is 24.1 Å². The van der Waals surface area contributed by atoms with Gasteiger partial charge in [-0.05, 0) is 17.7 Å². The normalized spacial score (nSPS) is 19.6. The number of hydrogen-bond acceptors (Lipinski definition) is 4. The van der Waals surface area contributed by atoms with Crippen LogP contribution >= 0.6 is 0 Å². The van der Waals surface area contributed by atoms with E-state index in [-0.39, 0.29) is 6.42 Å². The summed E-state index contributed by atoms with van der Waals surface area (Å²) in [6, 6.07) is 5.76. The first-order valence-electron chi connectivity index (χ1n) is 6.51. The van der Waals surface area contributed by atoms with E-state index in [9.17, 15) is 4.79 Å². The van der Waals surface area contributed by atoms with Crippen LogP contribution in [0.3, 0.4) is 0 Å². The molecule has 1 aromatic rings. The predicted molar refractivity (Wildman–Crippen MR) is 71.6 cm³/mol. The number of ether oxygens (including phenoxy) is 3. The maximum atomic E-state index is 11.1. The Morgan fingerprint density at radius 1 is 1.40 bits per heavy atom. The second-order valence-corrected chi connectivity index (χ2v) is 4.90. The van der Waals surface area contributed by atoms with Crippen molar-refractivity contribution in [1.29, 1.82) is 0 Å². The topological polar surface area (TPSA) is 65.0 Å². The van der Waals surface area contributed by atoms with Crippen LogP contribution in [0.15, 0.2) is 23.8 Å². The monoisotopic (exact) mass is 276 g/mol. The summed E-state index contributed by atoms with van der Waals surface area (Å²) in [4.78, 5) is 11.1. The molecule has 1 saturated heterocycles. The average molecular weight is 276 g/mol. The highest BCUT2D eigenvalue weighted by atomic mass is 16.7. The van der Waals surface area contributed by atoms with Crippen LogP contribution in [-0.2, 0) is 20.7 Å². The molecule has 1 aliphatic heterocycles. The van der Waals surface area contributed by atoms with Gasteiger partial charge < -0.3 is 19.3 Å². The number of methoxy groups -OCH3 is 1. The van der Waals surface area contributed by atoms with Gasteiger partial charge in [0.15, 0.2) is 5.79 Å². The zero-order chi connectivity index (χ0) is 14.2. The molecule has 0 atom stereocenters. The van der Waals surface area contributed by atoms with Gasteiger partial charge in [-0.1, -0.05) is 12.1 Å². The number of hydrogen-bond donors (Lipinski definition) is 1. The average Bonchev–Trinajstić information content (AvgIpc) is 2.88. The first-order valence-corrected chi connectivity index (χ1v) is 6.51. The van der Waals surface area contributed by atoms with Gasteiger partial charge in [0.1, 0.15) is 5.75 Å². The second-order valence-electron chi connectivity index (χ2n) is 4.90. The van der Waals surface area contributed by atoms with Crippen LogP contribution in [0.4, 0.5) is 0 Å². The summed E-state index contributed by atoms with van der Waals surface area (Å²) in [5.41, 5.74) is 2.59. The lowest BCUT2D eigenvalue weighted by atomic mass is 9.85. The molecule has 5 nitrogen and oxygen atoms in total. The second kappa shape index (κ2) is 4.92. The van der Waals surface area contributed by atoms with Crippen LogP contribution in [-0.4, -0.2) is 37.2 Å².